The van der Waals surface area contributed by atoms with Crippen molar-refractivity contribution in [2.75, 3.05) is 26.2 Å². The fourth-order valence-corrected chi connectivity index (χ4v) is 7.43. The predicted molar refractivity (Wildman–Crippen MR) is 119 cm³/mol. The van der Waals surface area contributed by atoms with Crippen molar-refractivity contribution in [3.63, 3.8) is 0 Å². The Bertz CT molecular complexity index is 969. The van der Waals surface area contributed by atoms with Gasteiger partial charge >= 0.3 is 0 Å². The van der Waals surface area contributed by atoms with Gasteiger partial charge in [0, 0.05) is 37.6 Å². The molecular formula is C22H29N3O3S2. The van der Waals surface area contributed by atoms with Crippen LogP contribution in [0.4, 0.5) is 0 Å². The molecule has 4 rings (SSSR count). The van der Waals surface area contributed by atoms with Crippen molar-refractivity contribution < 1.29 is 13.2 Å². The normalized spacial score (nSPS) is 23.4. The molecule has 1 aromatic heterocycles. The maximum absolute atomic E-state index is 13.4. The summed E-state index contributed by atoms with van der Waals surface area (Å²) in [5, 5.41) is 0. The van der Waals surface area contributed by atoms with E-state index in [4.69, 9.17) is 5.73 Å². The molecule has 2 saturated heterocycles. The van der Waals surface area contributed by atoms with E-state index in [1.165, 1.54) is 15.6 Å². The lowest BCUT2D eigenvalue weighted by molar-refractivity contribution is -0.137. The van der Waals surface area contributed by atoms with Crippen LogP contribution < -0.4 is 5.73 Å². The molecule has 6 nitrogen and oxygen atoms in total. The highest BCUT2D eigenvalue weighted by molar-refractivity contribution is 7.91. The van der Waals surface area contributed by atoms with Gasteiger partial charge in [0.05, 0.1) is 5.92 Å². The van der Waals surface area contributed by atoms with Gasteiger partial charge in [-0.25, -0.2) is 8.42 Å². The van der Waals surface area contributed by atoms with Gasteiger partial charge in [0.2, 0.25) is 5.91 Å². The van der Waals surface area contributed by atoms with E-state index in [0.717, 1.165) is 42.8 Å². The smallest absolute Gasteiger partial charge is 0.252 e. The second kappa shape index (κ2) is 9.18. The summed E-state index contributed by atoms with van der Waals surface area (Å²) in [6.07, 6.45) is 3.90. The Morgan fingerprint density at radius 2 is 1.77 bits per heavy atom. The van der Waals surface area contributed by atoms with Crippen LogP contribution in [-0.2, 0) is 21.4 Å². The Kier molecular flexibility index (Phi) is 6.57. The lowest BCUT2D eigenvalue weighted by Gasteiger charge is -2.39. The number of benzene rings is 1. The first-order valence-corrected chi connectivity index (χ1v) is 12.9. The maximum atomic E-state index is 13.4. The molecule has 2 aliphatic heterocycles. The van der Waals surface area contributed by atoms with Crippen LogP contribution in [0.1, 0.15) is 42.0 Å². The van der Waals surface area contributed by atoms with Crippen LogP contribution in [0.15, 0.2) is 46.7 Å². The van der Waals surface area contributed by atoms with Gasteiger partial charge in [0.25, 0.3) is 10.0 Å². The van der Waals surface area contributed by atoms with Crippen molar-refractivity contribution in [2.45, 2.75) is 42.4 Å². The molecule has 0 radical (unpaired) electrons. The van der Waals surface area contributed by atoms with Crippen molar-refractivity contribution in [3.05, 3.63) is 52.9 Å². The first-order valence-electron chi connectivity index (χ1n) is 10.6. The minimum Gasteiger partial charge on any atom is -0.342 e. The summed E-state index contributed by atoms with van der Waals surface area (Å²) >= 11 is 1.22. The third-order valence-corrected chi connectivity index (χ3v) is 9.54. The number of likely N-dealkylation sites (tertiary alicyclic amines) is 1. The molecular weight excluding hydrogens is 418 g/mol. The van der Waals surface area contributed by atoms with E-state index in [1.54, 1.807) is 12.1 Å². The Balaban J connectivity index is 1.62. The highest BCUT2D eigenvalue weighted by Gasteiger charge is 2.40. The van der Waals surface area contributed by atoms with Crippen LogP contribution >= 0.6 is 11.3 Å². The molecule has 0 bridgehead atoms. The Labute approximate surface area is 182 Å². The molecule has 1 aromatic carbocycles. The maximum Gasteiger partial charge on any atom is 0.252 e. The van der Waals surface area contributed by atoms with Crippen molar-refractivity contribution in [3.8, 4) is 0 Å². The summed E-state index contributed by atoms with van der Waals surface area (Å²) < 4.78 is 28.6. The highest BCUT2D eigenvalue weighted by atomic mass is 32.2. The number of hydrogen-bond acceptors (Lipinski definition) is 5. The van der Waals surface area contributed by atoms with E-state index in [1.807, 2.05) is 35.2 Å². The van der Waals surface area contributed by atoms with Gasteiger partial charge in [-0.2, -0.15) is 4.31 Å². The largest absolute Gasteiger partial charge is 0.342 e. The SMILES string of the molecule is NCc1ccc(S(=O)(=O)N2CC(C(=O)N3CCCCC3)CC(c3ccccc3)C2)s1. The first-order chi connectivity index (χ1) is 14.5. The number of sulfonamides is 1. The summed E-state index contributed by atoms with van der Waals surface area (Å²) in [4.78, 5) is 16.1. The Morgan fingerprint density at radius 3 is 2.43 bits per heavy atom. The molecule has 1 amide bonds. The standard InChI is InChI=1S/C22H29N3O3S2/c23-14-20-9-10-21(29-20)30(27,28)25-15-18(17-7-3-1-4-8-17)13-19(16-25)22(26)24-11-5-2-6-12-24/h1,3-4,7-10,18-19H,2,5-6,11-16,23H2. The number of carbonyl (C=O) groups excluding carboxylic acids is 1. The van der Waals surface area contributed by atoms with Gasteiger partial charge in [-0.15, -0.1) is 11.3 Å². The van der Waals surface area contributed by atoms with Crippen LogP contribution in [0.5, 0.6) is 0 Å². The van der Waals surface area contributed by atoms with E-state index in [9.17, 15) is 13.2 Å². The summed E-state index contributed by atoms with van der Waals surface area (Å²) in [6.45, 7) is 2.53. The zero-order valence-corrected chi connectivity index (χ0v) is 18.7. The Morgan fingerprint density at radius 1 is 1.03 bits per heavy atom. The third kappa shape index (κ3) is 4.46. The molecule has 30 heavy (non-hydrogen) atoms. The number of rotatable bonds is 5. The highest BCUT2D eigenvalue weighted by Crippen LogP contribution is 2.35. The van der Waals surface area contributed by atoms with Gasteiger partial charge in [-0.1, -0.05) is 30.3 Å². The van der Waals surface area contributed by atoms with Crippen LogP contribution in [0.25, 0.3) is 0 Å². The van der Waals surface area contributed by atoms with Crippen LogP contribution in [-0.4, -0.2) is 49.7 Å². The number of amides is 1. The van der Waals surface area contributed by atoms with Crippen LogP contribution in [0.3, 0.4) is 0 Å². The molecule has 2 aromatic rings. The number of carbonyl (C=O) groups is 1. The summed E-state index contributed by atoms with van der Waals surface area (Å²) in [5.41, 5.74) is 6.76. The van der Waals surface area contributed by atoms with E-state index in [2.05, 4.69) is 0 Å². The zero-order chi connectivity index (χ0) is 21.1. The van der Waals surface area contributed by atoms with Crippen LogP contribution in [0.2, 0.25) is 0 Å². The number of nitrogens with two attached hydrogens (primary N) is 1. The van der Waals surface area contributed by atoms with Gasteiger partial charge in [0.1, 0.15) is 4.21 Å². The summed E-state index contributed by atoms with van der Waals surface area (Å²) in [7, 11) is -3.66. The quantitative estimate of drug-likeness (QED) is 0.764. The monoisotopic (exact) mass is 447 g/mol. The molecule has 2 N–H and O–H groups in total. The van der Waals surface area contributed by atoms with Gasteiger partial charge < -0.3 is 10.6 Å². The topological polar surface area (TPSA) is 83.7 Å². The second-order valence-corrected chi connectivity index (χ2v) is 11.5. The molecule has 8 heteroatoms. The summed E-state index contributed by atoms with van der Waals surface area (Å²) in [6, 6.07) is 13.4. The molecule has 0 saturated carbocycles. The Hall–Kier alpha value is -1.74. The zero-order valence-electron chi connectivity index (χ0n) is 17.1. The average molecular weight is 448 g/mol. The van der Waals surface area contributed by atoms with Crippen LogP contribution in [0, 0.1) is 5.92 Å². The number of thiophene rings is 1. The molecule has 162 valence electrons. The molecule has 0 spiro atoms. The van der Waals surface area contributed by atoms with Gasteiger partial charge in [-0.3, -0.25) is 4.79 Å². The fourth-order valence-electron chi connectivity index (χ4n) is 4.51. The fraction of sp³-hybridized carbons (Fsp3) is 0.500. The van der Waals surface area contributed by atoms with Crippen molar-refractivity contribution in [1.82, 2.24) is 9.21 Å². The minimum atomic E-state index is -3.66. The lowest BCUT2D eigenvalue weighted by Crippen LogP contribution is -2.49. The molecule has 2 unspecified atom stereocenters. The van der Waals surface area contributed by atoms with Gasteiger partial charge in [0.15, 0.2) is 0 Å². The van der Waals surface area contributed by atoms with Gasteiger partial charge in [-0.05, 0) is 49.3 Å². The van der Waals surface area contributed by atoms with E-state index >= 15 is 0 Å². The van der Waals surface area contributed by atoms with E-state index < -0.39 is 10.0 Å². The molecule has 3 heterocycles. The predicted octanol–water partition coefficient (Wildman–Crippen LogP) is 3.01. The number of hydrogen-bond donors (Lipinski definition) is 1. The minimum absolute atomic E-state index is 0.00223. The first kappa shape index (κ1) is 21.5. The molecule has 2 atom stereocenters. The third-order valence-electron chi connectivity index (χ3n) is 6.14. The van der Waals surface area contributed by atoms with Crippen molar-refractivity contribution in [2.24, 2.45) is 11.7 Å². The molecule has 2 aliphatic rings. The van der Waals surface area contributed by atoms with Crippen molar-refractivity contribution in [1.29, 1.82) is 0 Å². The van der Waals surface area contributed by atoms with Crippen molar-refractivity contribution >= 4 is 27.3 Å². The lowest BCUT2D eigenvalue weighted by atomic mass is 9.84. The van der Waals surface area contributed by atoms with E-state index in [0.29, 0.717) is 23.7 Å². The molecule has 0 aliphatic carbocycles. The number of nitrogens with zero attached hydrogens (tertiary/aromatic N) is 2. The average Bonchev–Trinajstić information content (AvgIpc) is 3.30. The molecule has 2 fully saturated rings. The summed E-state index contributed by atoms with van der Waals surface area (Å²) in [5.74, 6) is -0.211. The van der Waals surface area contributed by atoms with E-state index in [-0.39, 0.29) is 24.3 Å². The number of piperidine rings is 2. The second-order valence-electron chi connectivity index (χ2n) is 8.17.